The van der Waals surface area contributed by atoms with Crippen molar-refractivity contribution >= 4 is 29.6 Å². The van der Waals surface area contributed by atoms with Gasteiger partial charge in [0.25, 0.3) is 0 Å². The zero-order chi connectivity index (χ0) is 37.9. The number of ketones is 1. The van der Waals surface area contributed by atoms with Crippen molar-refractivity contribution in [3.05, 3.63) is 179 Å². The number of esters is 1. The van der Waals surface area contributed by atoms with Crippen molar-refractivity contribution in [3.63, 3.8) is 0 Å². The van der Waals surface area contributed by atoms with E-state index < -0.39 is 29.0 Å². The monoisotopic (exact) mass is 737 g/mol. The van der Waals surface area contributed by atoms with Gasteiger partial charge >= 0.3 is 12.1 Å². The maximum atomic E-state index is 13.5. The first-order valence-electron chi connectivity index (χ1n) is 18.6. The van der Waals surface area contributed by atoms with Crippen LogP contribution in [0.2, 0.25) is 0 Å². The fourth-order valence-corrected chi connectivity index (χ4v) is 8.68. The number of alkyl carbamates (subject to hydrolysis) is 1. The Bertz CT molecular complexity index is 1900. The van der Waals surface area contributed by atoms with Crippen molar-refractivity contribution in [2.75, 3.05) is 12.4 Å². The van der Waals surface area contributed by atoms with E-state index in [4.69, 9.17) is 9.47 Å². The summed E-state index contributed by atoms with van der Waals surface area (Å²) in [6, 6.07) is 46.9. The van der Waals surface area contributed by atoms with Crippen LogP contribution in [0, 0.1) is 5.92 Å². The van der Waals surface area contributed by atoms with E-state index in [0.717, 1.165) is 28.0 Å². The average molecular weight is 738 g/mol. The highest BCUT2D eigenvalue weighted by Gasteiger charge is 2.37. The molecule has 1 amide bonds. The highest BCUT2D eigenvalue weighted by molar-refractivity contribution is 8.00. The molecule has 276 valence electrons. The first-order valence-corrected chi connectivity index (χ1v) is 19.5. The van der Waals surface area contributed by atoms with Crippen molar-refractivity contribution in [1.82, 2.24) is 5.32 Å². The van der Waals surface area contributed by atoms with Crippen LogP contribution in [0.3, 0.4) is 0 Å². The van der Waals surface area contributed by atoms with Gasteiger partial charge in [0.1, 0.15) is 24.5 Å². The predicted molar refractivity (Wildman–Crippen MR) is 217 cm³/mol. The molecule has 0 aromatic heterocycles. The van der Waals surface area contributed by atoms with E-state index in [1.807, 2.05) is 74.1 Å². The fourth-order valence-electron chi connectivity index (χ4n) is 7.22. The number of carbonyl (C=O) groups excluding carboxylic acids is 3. The molecular formula is C47H47NO5S. The molecule has 0 fully saturated rings. The Kier molecular flexibility index (Phi) is 12.8. The Morgan fingerprint density at radius 1 is 0.722 bits per heavy atom. The minimum Gasteiger partial charge on any atom is -0.456 e. The number of thioether (sulfide) groups is 1. The molecule has 0 aliphatic heterocycles. The number of carbonyl (C=O) groups is 3. The molecule has 0 radical (unpaired) electrons. The number of ether oxygens (including phenoxy) is 2. The number of hydrogen-bond acceptors (Lipinski definition) is 6. The normalized spacial score (nSPS) is 13.6. The van der Waals surface area contributed by atoms with Gasteiger partial charge in [0.2, 0.25) is 0 Å². The highest BCUT2D eigenvalue weighted by Crippen LogP contribution is 2.49. The molecule has 6 nitrogen and oxygen atoms in total. The van der Waals surface area contributed by atoms with Crippen molar-refractivity contribution in [2.45, 2.75) is 56.4 Å². The van der Waals surface area contributed by atoms with Crippen LogP contribution in [0.15, 0.2) is 152 Å². The molecule has 1 N–H and O–H groups in total. The van der Waals surface area contributed by atoms with E-state index in [2.05, 4.69) is 102 Å². The fraction of sp³-hybridized carbons (Fsp3) is 0.255. The second kappa shape index (κ2) is 18.1. The Hall–Kier alpha value is -5.40. The molecule has 0 spiro atoms. The van der Waals surface area contributed by atoms with Crippen molar-refractivity contribution < 1.29 is 23.9 Å². The minimum absolute atomic E-state index is 0.0348. The van der Waals surface area contributed by atoms with Crippen LogP contribution in [0.25, 0.3) is 11.1 Å². The Morgan fingerprint density at radius 2 is 1.20 bits per heavy atom. The van der Waals surface area contributed by atoms with E-state index in [1.165, 1.54) is 23.6 Å². The van der Waals surface area contributed by atoms with Gasteiger partial charge in [-0.3, -0.25) is 4.79 Å². The number of Topliss-reactive ketones (excluding diaryl/α,β-unsaturated/α-hetero) is 1. The number of benzene rings is 5. The summed E-state index contributed by atoms with van der Waals surface area (Å²) in [5.74, 6) is -0.338. The van der Waals surface area contributed by atoms with Crippen LogP contribution in [0.1, 0.15) is 67.3 Å². The maximum absolute atomic E-state index is 13.5. The Labute approximate surface area is 323 Å². The van der Waals surface area contributed by atoms with Crippen LogP contribution < -0.4 is 5.32 Å². The summed E-state index contributed by atoms with van der Waals surface area (Å²) in [5, 5.41) is 2.74. The highest BCUT2D eigenvalue weighted by atomic mass is 32.2. The maximum Gasteiger partial charge on any atom is 0.407 e. The lowest BCUT2D eigenvalue weighted by molar-refractivity contribution is -0.151. The molecule has 1 aliphatic carbocycles. The van der Waals surface area contributed by atoms with Gasteiger partial charge in [-0.2, -0.15) is 0 Å². The first kappa shape index (κ1) is 38.3. The van der Waals surface area contributed by atoms with Gasteiger partial charge in [0, 0.05) is 12.3 Å². The van der Waals surface area contributed by atoms with Crippen LogP contribution in [0.4, 0.5) is 4.79 Å². The molecule has 0 heterocycles. The van der Waals surface area contributed by atoms with Gasteiger partial charge < -0.3 is 14.8 Å². The quantitative estimate of drug-likeness (QED) is 0.0470. The number of rotatable bonds is 16. The van der Waals surface area contributed by atoms with Crippen molar-refractivity contribution in [2.24, 2.45) is 5.92 Å². The lowest BCUT2D eigenvalue weighted by Crippen LogP contribution is -2.46. The summed E-state index contributed by atoms with van der Waals surface area (Å²) < 4.78 is 11.2. The van der Waals surface area contributed by atoms with E-state index in [-0.39, 0.29) is 30.6 Å². The summed E-state index contributed by atoms with van der Waals surface area (Å²) in [6.07, 6.45) is 3.02. The van der Waals surface area contributed by atoms with E-state index in [0.29, 0.717) is 6.42 Å². The van der Waals surface area contributed by atoms with Crippen molar-refractivity contribution in [1.29, 1.82) is 0 Å². The molecule has 5 aromatic rings. The number of hydrogen-bond donors (Lipinski definition) is 1. The lowest BCUT2D eigenvalue weighted by Gasteiger charge is -2.35. The summed E-state index contributed by atoms with van der Waals surface area (Å²) in [6.45, 7) is 5.28. The van der Waals surface area contributed by atoms with Gasteiger partial charge in [-0.05, 0) is 70.0 Å². The lowest BCUT2D eigenvalue weighted by atomic mass is 9.84. The molecule has 54 heavy (non-hydrogen) atoms. The van der Waals surface area contributed by atoms with Crippen LogP contribution in [-0.4, -0.2) is 42.4 Å². The number of nitrogens with one attached hydrogen (secondary N) is 1. The number of allylic oxidation sites excluding steroid dienone is 1. The molecule has 6 rings (SSSR count). The summed E-state index contributed by atoms with van der Waals surface area (Å²) in [4.78, 5) is 39.0. The third-order valence-electron chi connectivity index (χ3n) is 9.79. The molecule has 1 aliphatic rings. The number of amides is 1. The van der Waals surface area contributed by atoms with Gasteiger partial charge in [0.05, 0.1) is 4.75 Å². The largest absolute Gasteiger partial charge is 0.456 e. The molecule has 2 atom stereocenters. The Morgan fingerprint density at radius 3 is 1.69 bits per heavy atom. The van der Waals surface area contributed by atoms with Crippen LogP contribution in [-0.2, 0) is 23.8 Å². The van der Waals surface area contributed by atoms with Gasteiger partial charge in [-0.15, -0.1) is 11.8 Å². The molecule has 0 bridgehead atoms. The predicted octanol–water partition coefficient (Wildman–Crippen LogP) is 10.1. The average Bonchev–Trinajstić information content (AvgIpc) is 3.51. The molecule has 5 aromatic carbocycles. The standard InChI is InChI=1S/C47H47NO5S/c1-33(2)44(48-46(51)52-32-43-41-28-15-13-26-39(41)40-27-14-16-29-42(40)43)45(50)53-38(31-34(3)49)25-17-18-30-54-47(35-19-7-4-8-20-35,36-21-9-5-10-22-36)37-23-11-6-12-24-37/h4-17,19-29,33,38,43-44H,18,30-32H2,1-3H3,(H,48,51)/b25-17+/t38-,44+/m1/s1. The van der Waals surface area contributed by atoms with Crippen LogP contribution in [0.5, 0.6) is 0 Å². The van der Waals surface area contributed by atoms with Gasteiger partial charge in [-0.25, -0.2) is 9.59 Å². The number of fused-ring (bicyclic) bond motifs is 3. The molecule has 0 saturated heterocycles. The van der Waals surface area contributed by atoms with E-state index in [1.54, 1.807) is 6.08 Å². The van der Waals surface area contributed by atoms with E-state index in [9.17, 15) is 14.4 Å². The third-order valence-corrected chi connectivity index (χ3v) is 11.4. The molecule has 7 heteroatoms. The van der Waals surface area contributed by atoms with Crippen molar-refractivity contribution in [3.8, 4) is 11.1 Å². The van der Waals surface area contributed by atoms with Gasteiger partial charge in [0.15, 0.2) is 0 Å². The Balaban J connectivity index is 1.10. The summed E-state index contributed by atoms with van der Waals surface area (Å²) in [7, 11) is 0. The topological polar surface area (TPSA) is 81.7 Å². The SMILES string of the molecule is CC(=O)C[C@@H](/C=C/CCSC(c1ccccc1)(c1ccccc1)c1ccccc1)OC(=O)[C@@H](NC(=O)OCC1c2ccccc2-c2ccccc21)C(C)C. The first-order chi connectivity index (χ1) is 26.3. The smallest absolute Gasteiger partial charge is 0.407 e. The molecular weight excluding hydrogens is 691 g/mol. The minimum atomic E-state index is -0.956. The third kappa shape index (κ3) is 8.86. The second-order valence-electron chi connectivity index (χ2n) is 13.9. The summed E-state index contributed by atoms with van der Waals surface area (Å²) >= 11 is 1.84. The zero-order valence-electron chi connectivity index (χ0n) is 31.0. The summed E-state index contributed by atoms with van der Waals surface area (Å²) in [5.41, 5.74) is 8.03. The van der Waals surface area contributed by atoms with Gasteiger partial charge in [-0.1, -0.05) is 159 Å². The van der Waals surface area contributed by atoms with E-state index >= 15 is 0 Å². The molecule has 0 saturated carbocycles. The second-order valence-corrected chi connectivity index (χ2v) is 15.2. The molecule has 0 unspecified atom stereocenters. The van der Waals surface area contributed by atoms with Crippen LogP contribution >= 0.6 is 11.8 Å². The zero-order valence-corrected chi connectivity index (χ0v) is 31.8.